The predicted molar refractivity (Wildman–Crippen MR) is 77.6 cm³/mol. The molecule has 0 fully saturated rings. The van der Waals surface area contributed by atoms with E-state index in [9.17, 15) is 0 Å². The van der Waals surface area contributed by atoms with Crippen LogP contribution in [0.5, 0.6) is 0 Å². The quantitative estimate of drug-likeness (QED) is 0.775. The predicted octanol–water partition coefficient (Wildman–Crippen LogP) is 5.38. The Morgan fingerprint density at radius 2 is 2.06 bits per heavy atom. The molecule has 1 aromatic heterocycles. The number of anilines is 1. The molecule has 0 aliphatic rings. The number of hydrogen-bond acceptors (Lipinski definition) is 2. The average molecular weight is 379 g/mol. The summed E-state index contributed by atoms with van der Waals surface area (Å²) in [7, 11) is 0. The van der Waals surface area contributed by atoms with Gasteiger partial charge in [0.25, 0.3) is 0 Å². The molecule has 0 amide bonds. The summed E-state index contributed by atoms with van der Waals surface area (Å²) in [6.45, 7) is 2.57. The molecule has 1 heterocycles. The smallest absolute Gasteiger partial charge is 0.136 e. The van der Waals surface area contributed by atoms with E-state index in [1.54, 1.807) is 6.26 Å². The van der Waals surface area contributed by atoms with E-state index >= 15 is 0 Å². The van der Waals surface area contributed by atoms with E-state index in [1.807, 2.05) is 25.1 Å². The van der Waals surface area contributed by atoms with Gasteiger partial charge in [-0.1, -0.05) is 11.6 Å². The van der Waals surface area contributed by atoms with E-state index in [2.05, 4.69) is 37.2 Å². The van der Waals surface area contributed by atoms with E-state index < -0.39 is 0 Å². The van der Waals surface area contributed by atoms with Crippen LogP contribution >= 0.6 is 43.5 Å². The monoisotopic (exact) mass is 377 g/mol. The van der Waals surface area contributed by atoms with E-state index in [0.29, 0.717) is 6.54 Å². The number of aryl methyl sites for hydroxylation is 1. The molecule has 2 rings (SSSR count). The van der Waals surface area contributed by atoms with Gasteiger partial charge in [0.2, 0.25) is 0 Å². The first-order valence-electron chi connectivity index (χ1n) is 4.99. The van der Waals surface area contributed by atoms with Crippen molar-refractivity contribution in [1.82, 2.24) is 0 Å². The molecule has 17 heavy (non-hydrogen) atoms. The highest BCUT2D eigenvalue weighted by Crippen LogP contribution is 2.30. The molecule has 0 saturated carbocycles. The zero-order valence-corrected chi connectivity index (χ0v) is 13.0. The SMILES string of the molecule is Cc1cc(Br)c(NCc2occc2Br)cc1Cl. The fourth-order valence-corrected chi connectivity index (χ4v) is 2.51. The Bertz CT molecular complexity index is 539. The van der Waals surface area contributed by atoms with Gasteiger partial charge in [0.15, 0.2) is 0 Å². The van der Waals surface area contributed by atoms with Gasteiger partial charge >= 0.3 is 0 Å². The molecule has 0 saturated heterocycles. The molecule has 0 aliphatic heterocycles. The van der Waals surface area contributed by atoms with Crippen LogP contribution in [0.15, 0.2) is 37.8 Å². The maximum atomic E-state index is 6.08. The van der Waals surface area contributed by atoms with E-state index in [4.69, 9.17) is 16.0 Å². The van der Waals surface area contributed by atoms with E-state index in [1.165, 1.54) is 0 Å². The molecule has 1 aromatic carbocycles. The van der Waals surface area contributed by atoms with Crippen LogP contribution in [0.25, 0.3) is 0 Å². The second-order valence-electron chi connectivity index (χ2n) is 3.63. The summed E-state index contributed by atoms with van der Waals surface area (Å²) in [4.78, 5) is 0. The van der Waals surface area contributed by atoms with Gasteiger partial charge in [0.05, 0.1) is 23.0 Å². The van der Waals surface area contributed by atoms with Crippen molar-refractivity contribution in [2.75, 3.05) is 5.32 Å². The fourth-order valence-electron chi connectivity index (χ4n) is 1.41. The molecule has 5 heteroatoms. The van der Waals surface area contributed by atoms with Crippen molar-refractivity contribution in [3.8, 4) is 0 Å². The average Bonchev–Trinajstić information content (AvgIpc) is 2.68. The minimum Gasteiger partial charge on any atom is -0.466 e. The van der Waals surface area contributed by atoms with Crippen LogP contribution in [-0.2, 0) is 6.54 Å². The lowest BCUT2D eigenvalue weighted by atomic mass is 10.2. The molecule has 0 unspecified atom stereocenters. The largest absolute Gasteiger partial charge is 0.466 e. The lowest BCUT2D eigenvalue weighted by molar-refractivity contribution is 0.516. The summed E-state index contributed by atoms with van der Waals surface area (Å²) in [6.07, 6.45) is 1.65. The van der Waals surface area contributed by atoms with Crippen molar-refractivity contribution in [3.05, 3.63) is 49.8 Å². The summed E-state index contributed by atoms with van der Waals surface area (Å²) in [5.74, 6) is 0.855. The molecule has 0 radical (unpaired) electrons. The summed E-state index contributed by atoms with van der Waals surface area (Å²) in [5.41, 5.74) is 1.99. The van der Waals surface area contributed by atoms with Crippen molar-refractivity contribution >= 4 is 49.1 Å². The van der Waals surface area contributed by atoms with Gasteiger partial charge < -0.3 is 9.73 Å². The maximum absolute atomic E-state index is 6.08. The number of hydrogen-bond donors (Lipinski definition) is 1. The lowest BCUT2D eigenvalue weighted by Gasteiger charge is -2.09. The third-order valence-corrected chi connectivity index (χ3v) is 4.15. The number of nitrogens with one attached hydrogen (secondary N) is 1. The molecule has 0 spiro atoms. The molecule has 0 bridgehead atoms. The summed E-state index contributed by atoms with van der Waals surface area (Å²) >= 11 is 13.0. The molecule has 0 atom stereocenters. The Kier molecular flexibility index (Phi) is 4.17. The molecular formula is C12H10Br2ClNO. The molecule has 0 aliphatic carbocycles. The Hall–Kier alpha value is -0.450. The standard InChI is InChI=1S/C12H10Br2ClNO/c1-7-4-9(14)11(5-10(7)15)16-6-12-8(13)2-3-17-12/h2-5,16H,6H2,1H3. The Morgan fingerprint density at radius 1 is 1.29 bits per heavy atom. The van der Waals surface area contributed by atoms with Crippen LogP contribution in [0, 0.1) is 6.92 Å². The Morgan fingerprint density at radius 3 is 2.71 bits per heavy atom. The van der Waals surface area contributed by atoms with Crippen LogP contribution in [0.4, 0.5) is 5.69 Å². The first-order chi connectivity index (χ1) is 8.08. The first-order valence-corrected chi connectivity index (χ1v) is 6.95. The van der Waals surface area contributed by atoms with Crippen LogP contribution in [0.1, 0.15) is 11.3 Å². The zero-order chi connectivity index (χ0) is 12.4. The highest BCUT2D eigenvalue weighted by molar-refractivity contribution is 9.10. The molecule has 1 N–H and O–H groups in total. The second-order valence-corrected chi connectivity index (χ2v) is 5.74. The normalized spacial score (nSPS) is 10.6. The molecule has 90 valence electrons. The van der Waals surface area contributed by atoms with E-state index in [0.717, 1.165) is 31.0 Å². The van der Waals surface area contributed by atoms with Gasteiger partial charge in [-0.3, -0.25) is 0 Å². The number of halogens is 3. The van der Waals surface area contributed by atoms with Crippen LogP contribution in [0.3, 0.4) is 0 Å². The Labute approximate surface area is 122 Å². The zero-order valence-electron chi connectivity index (χ0n) is 9.06. The number of furan rings is 1. The highest BCUT2D eigenvalue weighted by Gasteiger charge is 2.07. The van der Waals surface area contributed by atoms with Crippen LogP contribution in [-0.4, -0.2) is 0 Å². The topological polar surface area (TPSA) is 25.2 Å². The molecule has 2 nitrogen and oxygen atoms in total. The van der Waals surface area contributed by atoms with Gasteiger partial charge in [0, 0.05) is 9.50 Å². The van der Waals surface area contributed by atoms with Crippen LogP contribution < -0.4 is 5.32 Å². The van der Waals surface area contributed by atoms with Crippen molar-refractivity contribution in [2.45, 2.75) is 13.5 Å². The van der Waals surface area contributed by atoms with E-state index in [-0.39, 0.29) is 0 Å². The molecular weight excluding hydrogens is 369 g/mol. The third-order valence-electron chi connectivity index (χ3n) is 2.38. The summed E-state index contributed by atoms with van der Waals surface area (Å²) in [5, 5.41) is 4.01. The Balaban J connectivity index is 2.14. The first kappa shape index (κ1) is 13.0. The number of benzene rings is 1. The maximum Gasteiger partial charge on any atom is 0.136 e. The van der Waals surface area contributed by atoms with Gasteiger partial charge in [-0.2, -0.15) is 0 Å². The lowest BCUT2D eigenvalue weighted by Crippen LogP contribution is -1.99. The van der Waals surface area contributed by atoms with Crippen molar-refractivity contribution in [3.63, 3.8) is 0 Å². The third kappa shape index (κ3) is 3.06. The second kappa shape index (κ2) is 5.46. The minimum absolute atomic E-state index is 0.603. The van der Waals surface area contributed by atoms with Gasteiger partial charge in [0.1, 0.15) is 5.76 Å². The minimum atomic E-state index is 0.603. The van der Waals surface area contributed by atoms with Crippen molar-refractivity contribution < 1.29 is 4.42 Å². The van der Waals surface area contributed by atoms with Gasteiger partial charge in [-0.25, -0.2) is 0 Å². The summed E-state index contributed by atoms with van der Waals surface area (Å²) < 4.78 is 7.27. The van der Waals surface area contributed by atoms with Crippen molar-refractivity contribution in [1.29, 1.82) is 0 Å². The fraction of sp³-hybridized carbons (Fsp3) is 0.167. The van der Waals surface area contributed by atoms with Gasteiger partial charge in [-0.05, 0) is 62.5 Å². The van der Waals surface area contributed by atoms with Crippen molar-refractivity contribution in [2.24, 2.45) is 0 Å². The molecule has 2 aromatic rings. The highest BCUT2D eigenvalue weighted by atomic mass is 79.9. The number of rotatable bonds is 3. The summed E-state index contributed by atoms with van der Waals surface area (Å²) in [6, 6.07) is 5.76. The van der Waals surface area contributed by atoms with Gasteiger partial charge in [-0.15, -0.1) is 0 Å². The van der Waals surface area contributed by atoms with Crippen LogP contribution in [0.2, 0.25) is 5.02 Å².